The highest BCUT2D eigenvalue weighted by Gasteiger charge is 2.25. The maximum absolute atomic E-state index is 12.7. The number of halogens is 2. The van der Waals surface area contributed by atoms with E-state index in [9.17, 15) is 9.59 Å². The molecule has 178 valence electrons. The van der Waals surface area contributed by atoms with Crippen molar-refractivity contribution in [3.8, 4) is 11.5 Å². The number of amides is 2. The normalized spacial score (nSPS) is 12.0. The van der Waals surface area contributed by atoms with Crippen molar-refractivity contribution in [1.29, 1.82) is 0 Å². The lowest BCUT2D eigenvalue weighted by molar-refractivity contribution is -0.123. The molecule has 1 unspecified atom stereocenters. The van der Waals surface area contributed by atoms with Crippen molar-refractivity contribution < 1.29 is 19.1 Å². The molecule has 0 aliphatic rings. The molecule has 2 N–H and O–H groups in total. The summed E-state index contributed by atoms with van der Waals surface area (Å²) in [5, 5.41) is 7.36. The van der Waals surface area contributed by atoms with E-state index in [4.69, 9.17) is 32.7 Å². The smallest absolute Gasteiger partial charge is 0.262 e. The Bertz CT molecular complexity index is 996. The Kier molecular flexibility index (Phi) is 10.5. The van der Waals surface area contributed by atoms with Gasteiger partial charge < -0.3 is 14.8 Å². The molecule has 2 rings (SSSR count). The second-order valence-corrected chi connectivity index (χ2v) is 8.38. The van der Waals surface area contributed by atoms with Gasteiger partial charge in [0.1, 0.15) is 6.04 Å². The topological polar surface area (TPSA) is 89.0 Å². The number of carbonyl (C=O) groups is 2. The van der Waals surface area contributed by atoms with Crippen LogP contribution in [0.15, 0.2) is 41.5 Å². The molecule has 0 aliphatic carbocycles. The Morgan fingerprint density at radius 1 is 1.06 bits per heavy atom. The summed E-state index contributed by atoms with van der Waals surface area (Å²) in [5.41, 5.74) is 3.44. The molecule has 0 bridgehead atoms. The number of hydrogen-bond donors (Lipinski definition) is 2. The standard InChI is InChI=1S/C24H29Cl2N3O4/c1-5-11-33-20-10-7-16(12-21(20)32-6-2)14-27-29-24(31)22(15(3)4)28-23(30)18-9-8-17(25)13-19(18)26/h7-10,12-15,22H,5-6,11H2,1-4H3,(H,28,30)(H,29,31). The third kappa shape index (κ3) is 7.94. The zero-order valence-electron chi connectivity index (χ0n) is 19.2. The van der Waals surface area contributed by atoms with Crippen LogP contribution in [0, 0.1) is 5.92 Å². The van der Waals surface area contributed by atoms with Gasteiger partial charge in [-0.05, 0) is 61.2 Å². The van der Waals surface area contributed by atoms with Crippen molar-refractivity contribution >= 4 is 41.2 Å². The average Bonchev–Trinajstić information content (AvgIpc) is 2.76. The predicted molar refractivity (Wildman–Crippen MR) is 132 cm³/mol. The van der Waals surface area contributed by atoms with E-state index >= 15 is 0 Å². The molecule has 33 heavy (non-hydrogen) atoms. The molecule has 2 aromatic carbocycles. The maximum atomic E-state index is 12.7. The predicted octanol–water partition coefficient (Wildman–Crippen LogP) is 5.09. The average molecular weight is 494 g/mol. The fraction of sp³-hybridized carbons (Fsp3) is 0.375. The molecule has 2 aromatic rings. The summed E-state index contributed by atoms with van der Waals surface area (Å²) in [6.45, 7) is 8.64. The van der Waals surface area contributed by atoms with Crippen LogP contribution in [-0.2, 0) is 4.79 Å². The van der Waals surface area contributed by atoms with Gasteiger partial charge in [-0.15, -0.1) is 0 Å². The number of rotatable bonds is 11. The van der Waals surface area contributed by atoms with Crippen molar-refractivity contribution in [3.63, 3.8) is 0 Å². The van der Waals surface area contributed by atoms with Crippen LogP contribution in [0.2, 0.25) is 10.0 Å². The first-order valence-electron chi connectivity index (χ1n) is 10.7. The molecule has 0 aliphatic heterocycles. The molecule has 2 amide bonds. The Labute approximate surface area is 204 Å². The first-order chi connectivity index (χ1) is 15.8. The number of hydrazone groups is 1. The van der Waals surface area contributed by atoms with E-state index in [0.717, 1.165) is 12.0 Å². The van der Waals surface area contributed by atoms with Crippen LogP contribution < -0.4 is 20.2 Å². The molecule has 0 radical (unpaired) electrons. The van der Waals surface area contributed by atoms with Crippen molar-refractivity contribution in [1.82, 2.24) is 10.7 Å². The molecule has 0 fully saturated rings. The van der Waals surface area contributed by atoms with E-state index in [2.05, 4.69) is 15.8 Å². The molecule has 1 atom stereocenters. The molecule has 0 saturated heterocycles. The van der Waals surface area contributed by atoms with Crippen molar-refractivity contribution in [2.75, 3.05) is 13.2 Å². The minimum absolute atomic E-state index is 0.185. The van der Waals surface area contributed by atoms with Gasteiger partial charge in [0.2, 0.25) is 0 Å². The molecule has 0 saturated carbocycles. The van der Waals surface area contributed by atoms with Gasteiger partial charge in [0, 0.05) is 5.02 Å². The highest BCUT2D eigenvalue weighted by molar-refractivity contribution is 6.36. The highest BCUT2D eigenvalue weighted by atomic mass is 35.5. The number of nitrogens with one attached hydrogen (secondary N) is 2. The van der Waals surface area contributed by atoms with Gasteiger partial charge in [0.25, 0.3) is 11.8 Å². The second-order valence-electron chi connectivity index (χ2n) is 7.54. The first kappa shape index (κ1) is 26.5. The van der Waals surface area contributed by atoms with E-state index in [1.54, 1.807) is 18.2 Å². The number of carbonyl (C=O) groups excluding carboxylic acids is 2. The Morgan fingerprint density at radius 3 is 2.45 bits per heavy atom. The number of nitrogens with zero attached hydrogens (tertiary/aromatic N) is 1. The van der Waals surface area contributed by atoms with Crippen LogP contribution in [0.5, 0.6) is 11.5 Å². The number of benzene rings is 2. The monoisotopic (exact) mass is 493 g/mol. The molecule has 9 heteroatoms. The molecule has 7 nitrogen and oxygen atoms in total. The van der Waals surface area contributed by atoms with Crippen molar-refractivity contribution in [3.05, 3.63) is 57.6 Å². The van der Waals surface area contributed by atoms with Crippen LogP contribution in [0.4, 0.5) is 0 Å². The Hall–Kier alpha value is -2.77. The zero-order valence-corrected chi connectivity index (χ0v) is 20.7. The van der Waals surface area contributed by atoms with Crippen LogP contribution in [0.25, 0.3) is 0 Å². The number of ether oxygens (including phenoxy) is 2. The van der Waals surface area contributed by atoms with E-state index in [1.165, 1.54) is 18.3 Å². The van der Waals surface area contributed by atoms with Crippen molar-refractivity contribution in [2.45, 2.75) is 40.2 Å². The summed E-state index contributed by atoms with van der Waals surface area (Å²) in [7, 11) is 0. The molecule has 0 spiro atoms. The second kappa shape index (κ2) is 13.1. The summed E-state index contributed by atoms with van der Waals surface area (Å²) < 4.78 is 11.3. The lowest BCUT2D eigenvalue weighted by Gasteiger charge is -2.20. The van der Waals surface area contributed by atoms with E-state index in [0.29, 0.717) is 29.7 Å². The van der Waals surface area contributed by atoms with Gasteiger partial charge >= 0.3 is 0 Å². The van der Waals surface area contributed by atoms with E-state index in [1.807, 2.05) is 33.8 Å². The highest BCUT2D eigenvalue weighted by Crippen LogP contribution is 2.28. The van der Waals surface area contributed by atoms with Gasteiger partial charge in [0.15, 0.2) is 11.5 Å². The molecular weight excluding hydrogens is 465 g/mol. The maximum Gasteiger partial charge on any atom is 0.262 e. The molecular formula is C24H29Cl2N3O4. The minimum Gasteiger partial charge on any atom is -0.490 e. The van der Waals surface area contributed by atoms with Gasteiger partial charge in [-0.2, -0.15) is 5.10 Å². The largest absolute Gasteiger partial charge is 0.490 e. The summed E-state index contributed by atoms with van der Waals surface area (Å²) in [4.78, 5) is 25.3. The molecule has 0 heterocycles. The van der Waals surface area contributed by atoms with E-state index < -0.39 is 17.9 Å². The lowest BCUT2D eigenvalue weighted by Crippen LogP contribution is -2.48. The summed E-state index contributed by atoms with van der Waals surface area (Å²) >= 11 is 12.0. The minimum atomic E-state index is -0.815. The summed E-state index contributed by atoms with van der Waals surface area (Å²) in [6, 6.07) is 9.13. The van der Waals surface area contributed by atoms with Crippen LogP contribution in [-0.4, -0.2) is 37.3 Å². The van der Waals surface area contributed by atoms with Crippen molar-refractivity contribution in [2.24, 2.45) is 11.0 Å². The third-order valence-corrected chi connectivity index (χ3v) is 5.08. The van der Waals surface area contributed by atoms with Gasteiger partial charge in [-0.3, -0.25) is 9.59 Å². The lowest BCUT2D eigenvalue weighted by atomic mass is 10.0. The summed E-state index contributed by atoms with van der Waals surface area (Å²) in [6.07, 6.45) is 2.39. The van der Waals surface area contributed by atoms with Gasteiger partial charge in [-0.1, -0.05) is 44.0 Å². The SMILES string of the molecule is CCCOc1ccc(C=NNC(=O)C(NC(=O)c2ccc(Cl)cc2Cl)C(C)C)cc1OCC. The Morgan fingerprint density at radius 2 is 1.82 bits per heavy atom. The number of hydrogen-bond acceptors (Lipinski definition) is 5. The Balaban J connectivity index is 2.06. The van der Waals surface area contributed by atoms with E-state index in [-0.39, 0.29) is 16.5 Å². The first-order valence-corrected chi connectivity index (χ1v) is 11.5. The van der Waals surface area contributed by atoms with Gasteiger partial charge in [-0.25, -0.2) is 5.43 Å². The zero-order chi connectivity index (χ0) is 24.4. The van der Waals surface area contributed by atoms with Gasteiger partial charge in [0.05, 0.1) is 30.0 Å². The fourth-order valence-corrected chi connectivity index (χ4v) is 3.37. The van der Waals surface area contributed by atoms with Crippen LogP contribution >= 0.6 is 23.2 Å². The van der Waals surface area contributed by atoms with Crippen LogP contribution in [0.3, 0.4) is 0 Å². The summed E-state index contributed by atoms with van der Waals surface area (Å²) in [5.74, 6) is 0.151. The fourth-order valence-electron chi connectivity index (χ4n) is 2.87. The third-order valence-electron chi connectivity index (χ3n) is 4.53. The molecule has 0 aromatic heterocycles. The van der Waals surface area contributed by atoms with Crippen LogP contribution in [0.1, 0.15) is 50.0 Å². The quantitative estimate of drug-likeness (QED) is 0.337.